The zero-order valence-electron chi connectivity index (χ0n) is 11.2. The highest BCUT2D eigenvalue weighted by Crippen LogP contribution is 2.38. The Morgan fingerprint density at radius 2 is 1.76 bits per heavy atom. The van der Waals surface area contributed by atoms with E-state index in [1.807, 2.05) is 36.4 Å². The molecule has 1 aliphatic rings. The van der Waals surface area contributed by atoms with Crippen molar-refractivity contribution < 1.29 is 14.3 Å². The zero-order chi connectivity index (χ0) is 14.4. The summed E-state index contributed by atoms with van der Waals surface area (Å²) >= 11 is 0. The van der Waals surface area contributed by atoms with Crippen molar-refractivity contribution in [3.63, 3.8) is 0 Å². The molecule has 0 fully saturated rings. The van der Waals surface area contributed by atoms with Crippen molar-refractivity contribution in [2.45, 2.75) is 13.2 Å². The molecule has 1 aliphatic heterocycles. The zero-order valence-corrected chi connectivity index (χ0v) is 11.2. The fourth-order valence-corrected chi connectivity index (χ4v) is 2.88. The second kappa shape index (κ2) is 4.46. The van der Waals surface area contributed by atoms with Crippen LogP contribution in [-0.2, 0) is 13.2 Å². The first-order valence-corrected chi connectivity index (χ1v) is 6.80. The van der Waals surface area contributed by atoms with Gasteiger partial charge < -0.3 is 14.4 Å². The van der Waals surface area contributed by atoms with Crippen LogP contribution in [0.25, 0.3) is 10.8 Å². The van der Waals surface area contributed by atoms with Crippen LogP contribution >= 0.6 is 0 Å². The smallest absolute Gasteiger partial charge is 0.259 e. The van der Waals surface area contributed by atoms with Crippen LogP contribution in [0.4, 0.5) is 5.69 Å². The summed E-state index contributed by atoms with van der Waals surface area (Å²) in [5, 5.41) is 11.1. The molecule has 104 valence electrons. The summed E-state index contributed by atoms with van der Waals surface area (Å²) < 4.78 is 5.49. The highest BCUT2D eigenvalue weighted by atomic mass is 16.4. The van der Waals surface area contributed by atoms with E-state index in [0.29, 0.717) is 18.1 Å². The molecule has 2 aromatic carbocycles. The van der Waals surface area contributed by atoms with Gasteiger partial charge in [-0.05, 0) is 29.7 Å². The van der Waals surface area contributed by atoms with Crippen molar-refractivity contribution in [2.24, 2.45) is 0 Å². The van der Waals surface area contributed by atoms with Gasteiger partial charge in [0, 0.05) is 10.9 Å². The summed E-state index contributed by atoms with van der Waals surface area (Å²) in [5.41, 5.74) is 1.65. The lowest BCUT2D eigenvalue weighted by molar-refractivity contribution is 0.0989. The first-order chi connectivity index (χ1) is 10.3. The number of hydrogen-bond donors (Lipinski definition) is 1. The van der Waals surface area contributed by atoms with Crippen LogP contribution < -0.4 is 4.90 Å². The lowest BCUT2D eigenvalue weighted by Crippen LogP contribution is -2.25. The first-order valence-electron chi connectivity index (χ1n) is 6.80. The van der Waals surface area contributed by atoms with Crippen LogP contribution in [-0.4, -0.2) is 11.0 Å². The molecule has 1 N–H and O–H groups in total. The van der Waals surface area contributed by atoms with Crippen molar-refractivity contribution in [1.82, 2.24) is 0 Å². The normalized spacial score (nSPS) is 13.4. The van der Waals surface area contributed by atoms with E-state index in [0.717, 1.165) is 22.0 Å². The molecule has 21 heavy (non-hydrogen) atoms. The molecule has 0 radical (unpaired) electrons. The second-order valence-electron chi connectivity index (χ2n) is 5.10. The monoisotopic (exact) mass is 279 g/mol. The molecule has 0 aliphatic carbocycles. The standard InChI is InChI=1S/C17H13NO3/c19-10-13-8-7-12(21-13)9-18-15-6-2-4-11-3-1-5-14(16(11)15)17(18)20/h1-8,19H,9-10H2. The van der Waals surface area contributed by atoms with Crippen molar-refractivity contribution >= 4 is 22.4 Å². The molecule has 1 aromatic heterocycles. The SMILES string of the molecule is O=C1c2cccc3cccc(c23)N1Cc1ccc(CO)o1. The van der Waals surface area contributed by atoms with Gasteiger partial charge >= 0.3 is 0 Å². The summed E-state index contributed by atoms with van der Waals surface area (Å²) in [5.74, 6) is 1.16. The molecule has 4 nitrogen and oxygen atoms in total. The fraction of sp³-hybridized carbons (Fsp3) is 0.118. The lowest BCUT2D eigenvalue weighted by atomic mass is 10.1. The molecule has 0 saturated heterocycles. The quantitative estimate of drug-likeness (QED) is 0.801. The van der Waals surface area contributed by atoms with Crippen molar-refractivity contribution in [1.29, 1.82) is 0 Å². The van der Waals surface area contributed by atoms with E-state index < -0.39 is 0 Å². The number of nitrogens with zero attached hydrogens (tertiary/aromatic N) is 1. The van der Waals surface area contributed by atoms with Gasteiger partial charge in [0.1, 0.15) is 18.1 Å². The first kappa shape index (κ1) is 12.2. The van der Waals surface area contributed by atoms with Crippen molar-refractivity contribution in [2.75, 3.05) is 4.90 Å². The predicted molar refractivity (Wildman–Crippen MR) is 79.1 cm³/mol. The third-order valence-corrected chi connectivity index (χ3v) is 3.84. The molecule has 0 bridgehead atoms. The van der Waals surface area contributed by atoms with Gasteiger partial charge in [-0.25, -0.2) is 0 Å². The van der Waals surface area contributed by atoms with Crippen LogP contribution in [0.3, 0.4) is 0 Å². The van der Waals surface area contributed by atoms with E-state index in [-0.39, 0.29) is 12.5 Å². The van der Waals surface area contributed by atoms with Gasteiger partial charge in [-0.3, -0.25) is 4.79 Å². The van der Waals surface area contributed by atoms with E-state index in [4.69, 9.17) is 9.52 Å². The Bertz CT molecular complexity index is 845. The number of carbonyl (C=O) groups is 1. The number of carbonyl (C=O) groups excluding carboxylic acids is 1. The number of furan rings is 1. The summed E-state index contributed by atoms with van der Waals surface area (Å²) in [6.45, 7) is 0.233. The second-order valence-corrected chi connectivity index (χ2v) is 5.10. The largest absolute Gasteiger partial charge is 0.462 e. The lowest BCUT2D eigenvalue weighted by Gasteiger charge is -2.16. The maximum Gasteiger partial charge on any atom is 0.259 e. The average Bonchev–Trinajstić information content (AvgIpc) is 3.08. The Labute approximate surface area is 121 Å². The van der Waals surface area contributed by atoms with Gasteiger partial charge in [0.15, 0.2) is 0 Å². The molecule has 0 spiro atoms. The number of anilines is 1. The summed E-state index contributed by atoms with van der Waals surface area (Å²) in [6, 6.07) is 15.2. The van der Waals surface area contributed by atoms with Crippen LogP contribution in [0, 0.1) is 0 Å². The van der Waals surface area contributed by atoms with Crippen LogP contribution in [0.2, 0.25) is 0 Å². The Morgan fingerprint density at radius 3 is 2.52 bits per heavy atom. The number of hydrogen-bond acceptors (Lipinski definition) is 3. The third kappa shape index (κ3) is 1.76. The summed E-state index contributed by atoms with van der Waals surface area (Å²) in [7, 11) is 0. The third-order valence-electron chi connectivity index (χ3n) is 3.84. The minimum atomic E-state index is -0.135. The van der Waals surface area contributed by atoms with Gasteiger partial charge in [-0.15, -0.1) is 0 Å². The van der Waals surface area contributed by atoms with Crippen LogP contribution in [0.1, 0.15) is 21.9 Å². The number of aliphatic hydroxyl groups excluding tert-OH is 1. The highest BCUT2D eigenvalue weighted by molar-refractivity contribution is 6.24. The molecule has 0 saturated carbocycles. The van der Waals surface area contributed by atoms with Gasteiger partial charge in [0.25, 0.3) is 5.91 Å². The van der Waals surface area contributed by atoms with Crippen molar-refractivity contribution in [3.05, 3.63) is 65.6 Å². The van der Waals surface area contributed by atoms with Gasteiger partial charge in [0.05, 0.1) is 12.2 Å². The van der Waals surface area contributed by atoms with E-state index in [1.54, 1.807) is 17.0 Å². The van der Waals surface area contributed by atoms with Crippen LogP contribution in [0.5, 0.6) is 0 Å². The molecule has 0 atom stereocenters. The van der Waals surface area contributed by atoms with Crippen molar-refractivity contribution in [3.8, 4) is 0 Å². The molecule has 2 heterocycles. The number of aliphatic hydroxyl groups is 1. The van der Waals surface area contributed by atoms with Gasteiger partial charge in [-0.2, -0.15) is 0 Å². The molecular weight excluding hydrogens is 266 g/mol. The Kier molecular flexibility index (Phi) is 2.59. The summed E-state index contributed by atoms with van der Waals surface area (Å²) in [4.78, 5) is 14.3. The number of rotatable bonds is 3. The van der Waals surface area contributed by atoms with E-state index in [9.17, 15) is 4.79 Å². The Balaban J connectivity index is 1.78. The number of amides is 1. The maximum atomic E-state index is 12.6. The molecular formula is C17H13NO3. The molecule has 1 amide bonds. The van der Waals surface area contributed by atoms with E-state index in [1.165, 1.54) is 0 Å². The molecule has 4 heteroatoms. The summed E-state index contributed by atoms with van der Waals surface area (Å²) in [6.07, 6.45) is 0. The molecule has 4 rings (SSSR count). The molecule has 3 aromatic rings. The van der Waals surface area contributed by atoms with E-state index in [2.05, 4.69) is 0 Å². The average molecular weight is 279 g/mol. The molecule has 0 unspecified atom stereocenters. The van der Waals surface area contributed by atoms with Crippen LogP contribution in [0.15, 0.2) is 52.9 Å². The minimum Gasteiger partial charge on any atom is -0.462 e. The topological polar surface area (TPSA) is 53.7 Å². The predicted octanol–water partition coefficient (Wildman–Crippen LogP) is 3.09. The number of benzene rings is 2. The minimum absolute atomic E-state index is 0.0104. The maximum absolute atomic E-state index is 12.6. The fourth-order valence-electron chi connectivity index (χ4n) is 2.88. The highest BCUT2D eigenvalue weighted by Gasteiger charge is 2.30. The van der Waals surface area contributed by atoms with Gasteiger partial charge in [-0.1, -0.05) is 24.3 Å². The Morgan fingerprint density at radius 1 is 1.00 bits per heavy atom. The van der Waals surface area contributed by atoms with E-state index >= 15 is 0 Å². The Hall–Kier alpha value is -2.59. The van der Waals surface area contributed by atoms with Gasteiger partial charge in [0.2, 0.25) is 0 Å².